The molecule has 148 valence electrons. The van der Waals surface area contributed by atoms with Crippen molar-refractivity contribution in [2.24, 2.45) is 5.41 Å². The van der Waals surface area contributed by atoms with E-state index >= 15 is 0 Å². The number of β-amino-alcohol motifs (C(OH)–C–C–N with tert-alkyl or cyclic N) is 1. The number of fused-ring (bicyclic) bond motifs is 1. The Kier molecular flexibility index (Phi) is 4.80. The minimum atomic E-state index is -0.854. The predicted molar refractivity (Wildman–Crippen MR) is 111 cm³/mol. The summed E-state index contributed by atoms with van der Waals surface area (Å²) in [6.07, 6.45) is 1.09. The van der Waals surface area contributed by atoms with Gasteiger partial charge in [-0.1, -0.05) is 50.2 Å². The summed E-state index contributed by atoms with van der Waals surface area (Å²) in [5.41, 5.74) is 3.65. The van der Waals surface area contributed by atoms with Crippen LogP contribution in [-0.2, 0) is 19.5 Å². The summed E-state index contributed by atoms with van der Waals surface area (Å²) >= 11 is 0. The molecular formula is C24H30N2O2. The van der Waals surface area contributed by atoms with Gasteiger partial charge in [0.1, 0.15) is 0 Å². The van der Waals surface area contributed by atoms with E-state index in [2.05, 4.69) is 41.3 Å². The van der Waals surface area contributed by atoms with Crippen molar-refractivity contribution in [1.29, 1.82) is 0 Å². The van der Waals surface area contributed by atoms with Crippen LogP contribution in [-0.4, -0.2) is 46.0 Å². The summed E-state index contributed by atoms with van der Waals surface area (Å²) in [6.45, 7) is 9.75. The van der Waals surface area contributed by atoms with Crippen LogP contribution in [0, 0.1) is 5.41 Å². The van der Waals surface area contributed by atoms with E-state index in [1.165, 1.54) is 16.7 Å². The van der Waals surface area contributed by atoms with Crippen LogP contribution in [0.3, 0.4) is 0 Å². The Bertz CT molecular complexity index is 854. The normalized spacial score (nSPS) is 24.2. The van der Waals surface area contributed by atoms with Gasteiger partial charge in [0.25, 0.3) is 5.91 Å². The summed E-state index contributed by atoms with van der Waals surface area (Å²) < 4.78 is 0. The Labute approximate surface area is 167 Å². The lowest BCUT2D eigenvalue weighted by molar-refractivity contribution is -0.0108. The Morgan fingerprint density at radius 3 is 2.32 bits per heavy atom. The number of rotatable bonds is 3. The average Bonchev–Trinajstić information content (AvgIpc) is 2.89. The molecule has 0 aliphatic carbocycles. The van der Waals surface area contributed by atoms with Gasteiger partial charge < -0.3 is 10.0 Å². The molecule has 1 amide bonds. The molecular weight excluding hydrogens is 348 g/mol. The first-order valence-corrected chi connectivity index (χ1v) is 10.1. The maximum atomic E-state index is 12.9. The van der Waals surface area contributed by atoms with Crippen LogP contribution in [0.4, 0.5) is 0 Å². The molecule has 28 heavy (non-hydrogen) atoms. The Balaban J connectivity index is 1.40. The third-order valence-corrected chi connectivity index (χ3v) is 6.65. The van der Waals surface area contributed by atoms with Crippen LogP contribution >= 0.6 is 0 Å². The largest absolute Gasteiger partial charge is 0.388 e. The van der Waals surface area contributed by atoms with E-state index in [1.54, 1.807) is 4.90 Å². The molecule has 4 heteroatoms. The standard InChI is InChI=1S/C24H30N2O2/c1-23(2)16-26(17-24(23,3)28)22(27)20-10-8-18(9-11-20)14-25-13-12-19-6-4-5-7-21(19)15-25/h4-11,28H,12-17H2,1-3H3. The summed E-state index contributed by atoms with van der Waals surface area (Å²) in [5.74, 6) is 0.00398. The molecule has 1 N–H and O–H groups in total. The van der Waals surface area contributed by atoms with E-state index in [0.29, 0.717) is 18.7 Å². The van der Waals surface area contributed by atoms with Crippen molar-refractivity contribution in [3.05, 3.63) is 70.8 Å². The fourth-order valence-electron chi connectivity index (χ4n) is 4.32. The Hall–Kier alpha value is -2.17. The van der Waals surface area contributed by atoms with Crippen molar-refractivity contribution < 1.29 is 9.90 Å². The van der Waals surface area contributed by atoms with Gasteiger partial charge in [0.2, 0.25) is 0 Å². The molecule has 2 aliphatic rings. The molecule has 1 fully saturated rings. The summed E-state index contributed by atoms with van der Waals surface area (Å²) in [5, 5.41) is 10.6. The van der Waals surface area contributed by atoms with E-state index < -0.39 is 5.60 Å². The first-order chi connectivity index (χ1) is 13.2. The number of hydrogen-bond donors (Lipinski definition) is 1. The number of hydrogen-bond acceptors (Lipinski definition) is 3. The van der Waals surface area contributed by atoms with Crippen LogP contribution in [0.5, 0.6) is 0 Å². The number of carbonyl (C=O) groups excluding carboxylic acids is 1. The number of nitrogens with zero attached hydrogens (tertiary/aromatic N) is 2. The van der Waals surface area contributed by atoms with Crippen molar-refractivity contribution >= 4 is 5.91 Å². The molecule has 1 saturated heterocycles. The lowest BCUT2D eigenvalue weighted by atomic mass is 9.79. The molecule has 4 rings (SSSR count). The van der Waals surface area contributed by atoms with Gasteiger partial charge in [-0.3, -0.25) is 9.69 Å². The number of carbonyl (C=O) groups is 1. The fourth-order valence-corrected chi connectivity index (χ4v) is 4.32. The van der Waals surface area contributed by atoms with E-state index in [4.69, 9.17) is 0 Å². The predicted octanol–water partition coefficient (Wildman–Crippen LogP) is 3.48. The van der Waals surface area contributed by atoms with E-state index in [9.17, 15) is 9.90 Å². The SMILES string of the molecule is CC1(C)CN(C(=O)c2ccc(CN3CCc4ccccc4C3)cc2)CC1(C)O. The van der Waals surface area contributed by atoms with Gasteiger partial charge in [0.15, 0.2) is 0 Å². The quantitative estimate of drug-likeness (QED) is 0.889. The maximum Gasteiger partial charge on any atom is 0.253 e. The van der Waals surface area contributed by atoms with Crippen molar-refractivity contribution in [3.8, 4) is 0 Å². The Morgan fingerprint density at radius 2 is 1.68 bits per heavy atom. The lowest BCUT2D eigenvalue weighted by Crippen LogP contribution is -2.40. The van der Waals surface area contributed by atoms with Gasteiger partial charge >= 0.3 is 0 Å². The van der Waals surface area contributed by atoms with Gasteiger partial charge in [-0.15, -0.1) is 0 Å². The molecule has 0 bridgehead atoms. The zero-order valence-electron chi connectivity index (χ0n) is 17.1. The molecule has 1 unspecified atom stereocenters. The highest BCUT2D eigenvalue weighted by atomic mass is 16.3. The Morgan fingerprint density at radius 1 is 1.00 bits per heavy atom. The minimum absolute atomic E-state index is 0.00398. The minimum Gasteiger partial charge on any atom is -0.388 e. The van der Waals surface area contributed by atoms with Gasteiger partial charge in [-0.25, -0.2) is 0 Å². The van der Waals surface area contributed by atoms with Crippen molar-refractivity contribution in [3.63, 3.8) is 0 Å². The van der Waals surface area contributed by atoms with Crippen molar-refractivity contribution in [1.82, 2.24) is 9.80 Å². The summed E-state index contributed by atoms with van der Waals surface area (Å²) in [7, 11) is 0. The number of amides is 1. The van der Waals surface area contributed by atoms with Gasteiger partial charge in [-0.2, -0.15) is 0 Å². The topological polar surface area (TPSA) is 43.8 Å². The molecule has 0 spiro atoms. The molecule has 0 aromatic heterocycles. The zero-order chi connectivity index (χ0) is 19.9. The van der Waals surface area contributed by atoms with Crippen LogP contribution in [0.1, 0.15) is 47.8 Å². The van der Waals surface area contributed by atoms with Crippen molar-refractivity contribution in [2.75, 3.05) is 19.6 Å². The highest BCUT2D eigenvalue weighted by molar-refractivity contribution is 5.94. The molecule has 2 aromatic rings. The zero-order valence-corrected chi connectivity index (χ0v) is 17.1. The lowest BCUT2D eigenvalue weighted by Gasteiger charge is -2.30. The highest BCUT2D eigenvalue weighted by Gasteiger charge is 2.49. The van der Waals surface area contributed by atoms with E-state index in [-0.39, 0.29) is 11.3 Å². The summed E-state index contributed by atoms with van der Waals surface area (Å²) in [6, 6.07) is 16.6. The van der Waals surface area contributed by atoms with Gasteiger partial charge in [-0.05, 0) is 42.2 Å². The molecule has 2 heterocycles. The number of likely N-dealkylation sites (tertiary alicyclic amines) is 1. The second-order valence-corrected chi connectivity index (χ2v) is 9.25. The number of benzene rings is 2. The molecule has 4 nitrogen and oxygen atoms in total. The maximum absolute atomic E-state index is 12.9. The molecule has 1 atom stereocenters. The van der Waals surface area contributed by atoms with Crippen molar-refractivity contribution in [2.45, 2.75) is 45.9 Å². The number of aliphatic hydroxyl groups is 1. The van der Waals surface area contributed by atoms with Crippen LogP contribution < -0.4 is 0 Å². The van der Waals surface area contributed by atoms with Crippen LogP contribution in [0.2, 0.25) is 0 Å². The van der Waals surface area contributed by atoms with E-state index in [0.717, 1.165) is 26.1 Å². The molecule has 0 saturated carbocycles. The van der Waals surface area contributed by atoms with Gasteiger partial charge in [0.05, 0.1) is 12.1 Å². The van der Waals surface area contributed by atoms with E-state index in [1.807, 2.05) is 32.9 Å². The third kappa shape index (κ3) is 3.59. The first kappa shape index (κ1) is 19.2. The second-order valence-electron chi connectivity index (χ2n) is 9.25. The summed E-state index contributed by atoms with van der Waals surface area (Å²) in [4.78, 5) is 17.1. The monoisotopic (exact) mass is 378 g/mol. The fraction of sp³-hybridized carbons (Fsp3) is 0.458. The first-order valence-electron chi connectivity index (χ1n) is 10.1. The smallest absolute Gasteiger partial charge is 0.253 e. The molecule has 2 aliphatic heterocycles. The molecule has 0 radical (unpaired) electrons. The van der Waals surface area contributed by atoms with Crippen LogP contribution in [0.15, 0.2) is 48.5 Å². The third-order valence-electron chi connectivity index (χ3n) is 6.65. The second kappa shape index (κ2) is 7.02. The molecule has 2 aromatic carbocycles. The van der Waals surface area contributed by atoms with Gasteiger partial charge in [0, 0.05) is 37.2 Å². The average molecular weight is 379 g/mol. The highest BCUT2D eigenvalue weighted by Crippen LogP contribution is 2.38. The van der Waals surface area contributed by atoms with Crippen LogP contribution in [0.25, 0.3) is 0 Å².